The summed E-state index contributed by atoms with van der Waals surface area (Å²) in [6.45, 7) is 2.07. The number of halogens is 2. The number of fused-ring (bicyclic) bond motifs is 1. The lowest BCUT2D eigenvalue weighted by molar-refractivity contribution is 0.0727. The van der Waals surface area contributed by atoms with Crippen LogP contribution in [0.25, 0.3) is 22.0 Å². The molecule has 1 amide bonds. The van der Waals surface area contributed by atoms with Crippen molar-refractivity contribution >= 4 is 40.6 Å². The molecule has 5 rings (SSSR count). The van der Waals surface area contributed by atoms with Gasteiger partial charge < -0.3 is 28.7 Å². The molecule has 0 saturated heterocycles. The summed E-state index contributed by atoms with van der Waals surface area (Å²) in [5.74, 6) is -0.447. The number of nitrogens with zero attached hydrogens (tertiary/aromatic N) is 1. The molecule has 0 bridgehead atoms. The highest BCUT2D eigenvalue weighted by Crippen LogP contribution is 2.39. The third-order valence-electron chi connectivity index (χ3n) is 6.90. The fraction of sp³-hybridized carbons (Fsp3) is 0.147. The van der Waals surface area contributed by atoms with E-state index in [1.165, 1.54) is 45.7 Å². The normalized spacial score (nSPS) is 11.0. The number of para-hydroxylation sites is 1. The van der Waals surface area contributed by atoms with Crippen LogP contribution in [0.1, 0.15) is 33.3 Å². The summed E-state index contributed by atoms with van der Waals surface area (Å²) in [7, 11) is 4.35. The van der Waals surface area contributed by atoms with Gasteiger partial charge in [0, 0.05) is 21.5 Å². The standard InChI is InChI=1S/C34H29ClFN3O7/c1-5-45-26-15-19(13-14-25(26)46-34(41)20-16-27(42-2)32(44-4)28(17-20)43-3)18-37-39-33(40)31-29(21-9-6-7-11-23(21)35)22-10-8-12-24(36)30(22)38-31/h6-18,38H,5H2,1-4H3,(H,39,40). The predicted octanol–water partition coefficient (Wildman–Crippen LogP) is 7.04. The van der Waals surface area contributed by atoms with Crippen LogP contribution in [0.2, 0.25) is 5.02 Å². The van der Waals surface area contributed by atoms with Crippen LogP contribution in [-0.2, 0) is 0 Å². The van der Waals surface area contributed by atoms with Crippen molar-refractivity contribution < 1.29 is 37.7 Å². The maximum Gasteiger partial charge on any atom is 0.343 e. The Balaban J connectivity index is 1.38. The number of carbonyl (C=O) groups is 2. The van der Waals surface area contributed by atoms with Gasteiger partial charge in [0.2, 0.25) is 5.75 Å². The number of amides is 1. The number of methoxy groups -OCH3 is 3. The first-order chi connectivity index (χ1) is 22.3. The molecule has 0 aliphatic heterocycles. The number of hydrogen-bond donors (Lipinski definition) is 2. The van der Waals surface area contributed by atoms with E-state index in [4.69, 9.17) is 35.3 Å². The van der Waals surface area contributed by atoms with E-state index in [9.17, 15) is 14.0 Å². The summed E-state index contributed by atoms with van der Waals surface area (Å²) >= 11 is 6.45. The second-order valence-electron chi connectivity index (χ2n) is 9.66. The van der Waals surface area contributed by atoms with Crippen LogP contribution in [0.4, 0.5) is 4.39 Å². The van der Waals surface area contributed by atoms with Gasteiger partial charge in [-0.1, -0.05) is 41.9 Å². The van der Waals surface area contributed by atoms with Crippen molar-refractivity contribution in [1.82, 2.24) is 10.4 Å². The molecule has 0 radical (unpaired) electrons. The quantitative estimate of drug-likeness (QED) is 0.0684. The van der Waals surface area contributed by atoms with E-state index < -0.39 is 17.7 Å². The molecule has 0 aliphatic rings. The molecule has 0 spiro atoms. The summed E-state index contributed by atoms with van der Waals surface area (Å²) in [4.78, 5) is 29.3. The zero-order valence-electron chi connectivity index (χ0n) is 25.3. The van der Waals surface area contributed by atoms with E-state index in [-0.39, 0.29) is 34.9 Å². The third-order valence-corrected chi connectivity index (χ3v) is 7.23. The van der Waals surface area contributed by atoms with Gasteiger partial charge in [0.05, 0.1) is 45.2 Å². The lowest BCUT2D eigenvalue weighted by Crippen LogP contribution is -2.19. The number of nitrogens with one attached hydrogen (secondary N) is 2. The van der Waals surface area contributed by atoms with Gasteiger partial charge in [-0.05, 0) is 55.0 Å². The van der Waals surface area contributed by atoms with Crippen LogP contribution in [-0.4, -0.2) is 51.0 Å². The average Bonchev–Trinajstić information content (AvgIpc) is 3.46. The number of carbonyl (C=O) groups excluding carboxylic acids is 2. The molecule has 0 unspecified atom stereocenters. The van der Waals surface area contributed by atoms with Crippen molar-refractivity contribution in [1.29, 1.82) is 0 Å². The molecule has 236 valence electrons. The number of ether oxygens (including phenoxy) is 5. The van der Waals surface area contributed by atoms with Gasteiger partial charge in [-0.25, -0.2) is 14.6 Å². The van der Waals surface area contributed by atoms with Crippen molar-refractivity contribution in [3.63, 3.8) is 0 Å². The molecule has 46 heavy (non-hydrogen) atoms. The number of esters is 1. The Kier molecular flexibility index (Phi) is 9.73. The molecule has 5 aromatic rings. The number of hydrogen-bond acceptors (Lipinski definition) is 8. The number of benzene rings is 4. The Morgan fingerprint density at radius 3 is 2.33 bits per heavy atom. The fourth-order valence-corrected chi connectivity index (χ4v) is 5.06. The number of hydrazone groups is 1. The molecule has 0 atom stereocenters. The lowest BCUT2D eigenvalue weighted by atomic mass is 10.0. The van der Waals surface area contributed by atoms with E-state index in [1.54, 1.807) is 61.5 Å². The van der Waals surface area contributed by atoms with Crippen LogP contribution in [0.3, 0.4) is 0 Å². The van der Waals surface area contributed by atoms with Crippen molar-refractivity contribution in [3.05, 3.63) is 100 Å². The summed E-state index contributed by atoms with van der Waals surface area (Å²) < 4.78 is 42.0. The topological polar surface area (TPSA) is 120 Å². The van der Waals surface area contributed by atoms with E-state index in [2.05, 4.69) is 15.5 Å². The monoisotopic (exact) mass is 645 g/mol. The van der Waals surface area contributed by atoms with Gasteiger partial charge in [-0.2, -0.15) is 5.10 Å². The SMILES string of the molecule is CCOc1cc(C=NNC(=O)c2[nH]c3c(F)cccc3c2-c2ccccc2Cl)ccc1OC(=O)c1cc(OC)c(OC)c(OC)c1. The van der Waals surface area contributed by atoms with Gasteiger partial charge in [0.25, 0.3) is 5.91 Å². The molecular weight excluding hydrogens is 617 g/mol. The van der Waals surface area contributed by atoms with Crippen LogP contribution >= 0.6 is 11.6 Å². The molecule has 0 saturated carbocycles. The molecule has 1 aromatic heterocycles. The smallest absolute Gasteiger partial charge is 0.343 e. The van der Waals surface area contributed by atoms with Gasteiger partial charge in [0.15, 0.2) is 23.0 Å². The molecular formula is C34H29ClFN3O7. The Morgan fingerprint density at radius 1 is 0.913 bits per heavy atom. The first-order valence-corrected chi connectivity index (χ1v) is 14.3. The molecule has 12 heteroatoms. The first kappa shape index (κ1) is 31.9. The minimum Gasteiger partial charge on any atom is -0.493 e. The van der Waals surface area contributed by atoms with Crippen LogP contribution < -0.4 is 29.1 Å². The largest absolute Gasteiger partial charge is 0.493 e. The maximum atomic E-state index is 14.7. The Hall–Kier alpha value is -5.55. The number of H-pyrrole nitrogens is 1. The van der Waals surface area contributed by atoms with Gasteiger partial charge in [-0.3, -0.25) is 4.79 Å². The second-order valence-corrected chi connectivity index (χ2v) is 10.1. The summed E-state index contributed by atoms with van der Waals surface area (Å²) in [5.41, 5.74) is 4.45. The molecule has 1 heterocycles. The molecule has 4 aromatic carbocycles. The van der Waals surface area contributed by atoms with Gasteiger partial charge in [-0.15, -0.1) is 0 Å². The Bertz CT molecular complexity index is 1930. The Morgan fingerprint density at radius 2 is 1.65 bits per heavy atom. The van der Waals surface area contributed by atoms with E-state index in [1.807, 2.05) is 0 Å². The van der Waals surface area contributed by atoms with E-state index >= 15 is 0 Å². The van der Waals surface area contributed by atoms with Crippen LogP contribution in [0.15, 0.2) is 77.9 Å². The highest BCUT2D eigenvalue weighted by molar-refractivity contribution is 6.34. The molecule has 0 aliphatic carbocycles. The zero-order chi connectivity index (χ0) is 32.8. The minimum atomic E-state index is -0.682. The lowest BCUT2D eigenvalue weighted by Gasteiger charge is -2.15. The van der Waals surface area contributed by atoms with Crippen LogP contribution in [0, 0.1) is 5.82 Å². The first-order valence-electron chi connectivity index (χ1n) is 14.0. The Labute approximate surface area is 268 Å². The van der Waals surface area contributed by atoms with Crippen molar-refractivity contribution in [3.8, 4) is 39.9 Å². The van der Waals surface area contributed by atoms with Crippen LogP contribution in [0.5, 0.6) is 28.7 Å². The predicted molar refractivity (Wildman–Crippen MR) is 172 cm³/mol. The number of aromatic nitrogens is 1. The summed E-state index contributed by atoms with van der Waals surface area (Å²) in [5, 5.41) is 4.99. The van der Waals surface area contributed by atoms with Gasteiger partial charge >= 0.3 is 5.97 Å². The highest BCUT2D eigenvalue weighted by atomic mass is 35.5. The fourth-order valence-electron chi connectivity index (χ4n) is 4.83. The average molecular weight is 646 g/mol. The maximum absolute atomic E-state index is 14.7. The number of rotatable bonds is 11. The molecule has 0 fully saturated rings. The third kappa shape index (κ3) is 6.45. The number of aromatic amines is 1. The zero-order valence-corrected chi connectivity index (χ0v) is 26.0. The van der Waals surface area contributed by atoms with Crippen molar-refractivity contribution in [2.75, 3.05) is 27.9 Å². The van der Waals surface area contributed by atoms with Crippen molar-refractivity contribution in [2.24, 2.45) is 5.10 Å². The van der Waals surface area contributed by atoms with E-state index in [0.717, 1.165) is 0 Å². The van der Waals surface area contributed by atoms with Crippen molar-refractivity contribution in [2.45, 2.75) is 6.92 Å². The highest BCUT2D eigenvalue weighted by Gasteiger charge is 2.23. The molecule has 2 N–H and O–H groups in total. The minimum absolute atomic E-state index is 0.0920. The molecule has 10 nitrogen and oxygen atoms in total. The summed E-state index contributed by atoms with van der Waals surface area (Å²) in [6, 6.07) is 19.3. The van der Waals surface area contributed by atoms with E-state index in [0.29, 0.717) is 44.3 Å². The summed E-state index contributed by atoms with van der Waals surface area (Å²) in [6.07, 6.45) is 1.39. The van der Waals surface area contributed by atoms with Gasteiger partial charge in [0.1, 0.15) is 11.5 Å². The second kappa shape index (κ2) is 14.0.